The van der Waals surface area contributed by atoms with Crippen LogP contribution in [0.25, 0.3) is 0 Å². The van der Waals surface area contributed by atoms with Gasteiger partial charge in [0.1, 0.15) is 4.64 Å². The third-order valence-corrected chi connectivity index (χ3v) is 3.56. The summed E-state index contributed by atoms with van der Waals surface area (Å²) in [6, 6.07) is 25.5. The summed E-state index contributed by atoms with van der Waals surface area (Å²) < 4.78 is 2.14. The van der Waals surface area contributed by atoms with Gasteiger partial charge in [0.2, 0.25) is 5.90 Å². The van der Waals surface area contributed by atoms with E-state index in [1.165, 1.54) is 0 Å². The number of aliphatic imine (C=N–C) groups is 1. The number of pyridine rings is 1. The molecule has 0 aliphatic heterocycles. The molecule has 0 unspecified atom stereocenters. The number of benzene rings is 2. The van der Waals surface area contributed by atoms with Gasteiger partial charge in [-0.05, 0) is 29.8 Å². The van der Waals surface area contributed by atoms with Crippen molar-refractivity contribution in [2.45, 2.75) is 6.54 Å². The third-order valence-electron chi connectivity index (χ3n) is 3.24. The molecule has 114 valence electrons. The molecule has 0 aliphatic carbocycles. The molecular weight excluding hydrogens is 304 g/mol. The van der Waals surface area contributed by atoms with E-state index in [1.807, 2.05) is 78.9 Å². The van der Waals surface area contributed by atoms with E-state index in [1.54, 1.807) is 10.9 Å². The lowest BCUT2D eigenvalue weighted by Crippen LogP contribution is -2.21. The molecule has 0 aliphatic rings. The molecule has 0 atom stereocenters. The number of hydrogen-bond donors (Lipinski definition) is 0. The molecule has 3 nitrogen and oxygen atoms in total. The number of hydrogen-bond acceptors (Lipinski definition) is 3. The van der Waals surface area contributed by atoms with Crippen LogP contribution in [0.15, 0.2) is 90.1 Å². The highest BCUT2D eigenvalue weighted by atomic mass is 32.1. The Morgan fingerprint density at radius 1 is 0.870 bits per heavy atom. The van der Waals surface area contributed by atoms with E-state index in [0.29, 0.717) is 17.1 Å². The van der Waals surface area contributed by atoms with Gasteiger partial charge in [0.25, 0.3) is 0 Å². The van der Waals surface area contributed by atoms with Crippen LogP contribution in [-0.4, -0.2) is 10.6 Å². The Morgan fingerprint density at radius 3 is 2.22 bits per heavy atom. The van der Waals surface area contributed by atoms with Gasteiger partial charge >= 0.3 is 0 Å². The predicted molar refractivity (Wildman–Crippen MR) is 95.0 cm³/mol. The summed E-state index contributed by atoms with van der Waals surface area (Å²) in [5, 5.41) is 0. The van der Waals surface area contributed by atoms with Gasteiger partial charge in [-0.3, -0.25) is 0 Å². The lowest BCUT2D eigenvalue weighted by atomic mass is 10.2. The number of nitrogens with zero attached hydrogens (tertiary/aromatic N) is 2. The second-order valence-corrected chi connectivity index (χ2v) is 5.35. The normalized spacial score (nSPS) is 11.2. The Morgan fingerprint density at radius 2 is 1.52 bits per heavy atom. The Labute approximate surface area is 140 Å². The van der Waals surface area contributed by atoms with E-state index in [0.717, 1.165) is 11.1 Å². The van der Waals surface area contributed by atoms with E-state index < -0.39 is 0 Å². The molecule has 2 aromatic carbocycles. The summed E-state index contributed by atoms with van der Waals surface area (Å²) in [5.41, 5.74) is 2.04. The van der Waals surface area contributed by atoms with Crippen molar-refractivity contribution < 1.29 is 4.84 Å². The van der Waals surface area contributed by atoms with Gasteiger partial charge in [-0.1, -0.05) is 66.8 Å². The minimum absolute atomic E-state index is 0.539. The minimum Gasteiger partial charge on any atom is -0.354 e. The lowest BCUT2D eigenvalue weighted by molar-refractivity contribution is 0.255. The van der Waals surface area contributed by atoms with Crippen LogP contribution in [0.5, 0.6) is 0 Å². The highest BCUT2D eigenvalue weighted by Crippen LogP contribution is 2.06. The van der Waals surface area contributed by atoms with Gasteiger partial charge in [-0.2, -0.15) is 4.73 Å². The molecule has 1 heterocycles. The number of rotatable bonds is 4. The second-order valence-electron chi connectivity index (χ2n) is 4.93. The average Bonchev–Trinajstić information content (AvgIpc) is 2.62. The molecule has 1 aromatic heterocycles. The maximum atomic E-state index is 5.92. The Hall–Kier alpha value is -2.72. The smallest absolute Gasteiger partial charge is 0.249 e. The van der Waals surface area contributed by atoms with E-state index in [9.17, 15) is 0 Å². The van der Waals surface area contributed by atoms with Gasteiger partial charge in [0.15, 0.2) is 0 Å². The molecular formula is C19H16N2OS. The van der Waals surface area contributed by atoms with Crippen LogP contribution < -0.4 is 4.84 Å². The molecule has 0 radical (unpaired) electrons. The van der Waals surface area contributed by atoms with Gasteiger partial charge in [-0.15, -0.1) is 0 Å². The fourth-order valence-corrected chi connectivity index (χ4v) is 2.26. The molecule has 0 N–H and O–H groups in total. The van der Waals surface area contributed by atoms with Crippen molar-refractivity contribution in [3.05, 3.63) is 101 Å². The topological polar surface area (TPSA) is 26.5 Å². The summed E-state index contributed by atoms with van der Waals surface area (Å²) >= 11 is 5.28. The maximum absolute atomic E-state index is 5.92. The molecule has 3 aromatic rings. The average molecular weight is 320 g/mol. The van der Waals surface area contributed by atoms with Crippen molar-refractivity contribution in [2.24, 2.45) is 4.99 Å². The molecule has 0 saturated carbocycles. The first-order chi connectivity index (χ1) is 11.3. The molecule has 23 heavy (non-hydrogen) atoms. The second kappa shape index (κ2) is 7.51. The number of aromatic nitrogens is 1. The van der Waals surface area contributed by atoms with Gasteiger partial charge in [-0.25, -0.2) is 4.99 Å². The van der Waals surface area contributed by atoms with Crippen LogP contribution in [0.2, 0.25) is 0 Å². The van der Waals surface area contributed by atoms with Crippen LogP contribution in [0.3, 0.4) is 0 Å². The summed E-state index contributed by atoms with van der Waals surface area (Å²) in [6.45, 7) is 0.547. The van der Waals surface area contributed by atoms with Crippen molar-refractivity contribution in [3.63, 3.8) is 0 Å². The lowest BCUT2D eigenvalue weighted by Gasteiger charge is -2.11. The largest absolute Gasteiger partial charge is 0.354 e. The van der Waals surface area contributed by atoms with Crippen LogP contribution >= 0.6 is 12.2 Å². The highest BCUT2D eigenvalue weighted by molar-refractivity contribution is 7.71. The summed E-state index contributed by atoms with van der Waals surface area (Å²) in [5.74, 6) is 0.539. The van der Waals surface area contributed by atoms with Crippen molar-refractivity contribution in [1.82, 2.24) is 4.73 Å². The predicted octanol–water partition coefficient (Wildman–Crippen LogP) is 4.29. The SMILES string of the molecule is S=c1ccccn1OC(=NCc1ccccc1)c1ccccc1. The van der Waals surface area contributed by atoms with Crippen LogP contribution in [0.4, 0.5) is 0 Å². The molecule has 4 heteroatoms. The fraction of sp³-hybridized carbons (Fsp3) is 0.0526. The standard InChI is InChI=1S/C19H16N2OS/c23-18-13-7-8-14-21(18)22-19(17-11-5-2-6-12-17)20-15-16-9-3-1-4-10-16/h1-14H,15H2. The van der Waals surface area contributed by atoms with E-state index >= 15 is 0 Å². The Kier molecular flexibility index (Phi) is 4.96. The Bertz CT molecular complexity index is 842. The van der Waals surface area contributed by atoms with Crippen LogP contribution in [0, 0.1) is 4.64 Å². The van der Waals surface area contributed by atoms with Gasteiger partial charge in [0, 0.05) is 11.8 Å². The van der Waals surface area contributed by atoms with Gasteiger partial charge < -0.3 is 4.84 Å². The zero-order chi connectivity index (χ0) is 15.9. The molecule has 0 spiro atoms. The quantitative estimate of drug-likeness (QED) is 0.407. The zero-order valence-electron chi connectivity index (χ0n) is 12.5. The van der Waals surface area contributed by atoms with Crippen molar-refractivity contribution >= 4 is 18.1 Å². The van der Waals surface area contributed by atoms with Crippen molar-refractivity contribution in [2.75, 3.05) is 0 Å². The molecule has 0 bridgehead atoms. The van der Waals surface area contributed by atoms with Crippen LogP contribution in [-0.2, 0) is 6.54 Å². The third kappa shape index (κ3) is 4.14. The van der Waals surface area contributed by atoms with Crippen molar-refractivity contribution in [3.8, 4) is 0 Å². The van der Waals surface area contributed by atoms with E-state index in [-0.39, 0.29) is 0 Å². The maximum Gasteiger partial charge on any atom is 0.249 e. The fourth-order valence-electron chi connectivity index (χ4n) is 2.08. The Balaban J connectivity index is 1.91. The summed E-state index contributed by atoms with van der Waals surface area (Å²) in [4.78, 5) is 10.5. The first-order valence-corrected chi connectivity index (χ1v) is 7.73. The van der Waals surface area contributed by atoms with Crippen molar-refractivity contribution in [1.29, 1.82) is 0 Å². The summed E-state index contributed by atoms with van der Waals surface area (Å²) in [7, 11) is 0. The molecule has 0 saturated heterocycles. The minimum atomic E-state index is 0.539. The first kappa shape index (κ1) is 15.2. The highest BCUT2D eigenvalue weighted by Gasteiger charge is 2.06. The monoisotopic (exact) mass is 320 g/mol. The molecule has 0 amide bonds. The summed E-state index contributed by atoms with van der Waals surface area (Å²) in [6.07, 6.45) is 1.78. The van der Waals surface area contributed by atoms with Gasteiger partial charge in [0.05, 0.1) is 6.54 Å². The van der Waals surface area contributed by atoms with E-state index in [4.69, 9.17) is 17.1 Å². The first-order valence-electron chi connectivity index (χ1n) is 7.33. The molecule has 0 fully saturated rings. The molecule has 3 rings (SSSR count). The zero-order valence-corrected chi connectivity index (χ0v) is 13.3. The van der Waals surface area contributed by atoms with E-state index in [2.05, 4.69) is 4.99 Å². The van der Waals surface area contributed by atoms with Crippen LogP contribution in [0.1, 0.15) is 11.1 Å².